The van der Waals surface area contributed by atoms with Gasteiger partial charge in [0.2, 0.25) is 11.8 Å². The van der Waals surface area contributed by atoms with Crippen molar-refractivity contribution < 1.29 is 9.59 Å². The van der Waals surface area contributed by atoms with Gasteiger partial charge in [-0.25, -0.2) is 4.98 Å². The Bertz CT molecular complexity index is 1580. The van der Waals surface area contributed by atoms with Gasteiger partial charge < -0.3 is 19.7 Å². The van der Waals surface area contributed by atoms with Crippen LogP contribution in [-0.4, -0.2) is 35.0 Å². The summed E-state index contributed by atoms with van der Waals surface area (Å²) in [6.45, 7) is 6.85. The molecule has 0 spiro atoms. The van der Waals surface area contributed by atoms with Crippen LogP contribution in [0.3, 0.4) is 0 Å². The number of amides is 2. The van der Waals surface area contributed by atoms with Crippen molar-refractivity contribution in [1.29, 1.82) is 0 Å². The number of rotatable bonds is 8. The molecule has 202 valence electrons. The van der Waals surface area contributed by atoms with Crippen molar-refractivity contribution in [2.24, 2.45) is 5.41 Å². The Morgan fingerprint density at radius 3 is 2.56 bits per heavy atom. The molecular formula is C30H33N5O3S. The van der Waals surface area contributed by atoms with Crippen LogP contribution < -0.4 is 20.7 Å². The van der Waals surface area contributed by atoms with Crippen LogP contribution in [0.1, 0.15) is 44.5 Å². The van der Waals surface area contributed by atoms with E-state index in [1.807, 2.05) is 72.5 Å². The molecule has 39 heavy (non-hydrogen) atoms. The first-order valence-corrected chi connectivity index (χ1v) is 14.1. The zero-order valence-corrected chi connectivity index (χ0v) is 23.5. The van der Waals surface area contributed by atoms with Crippen molar-refractivity contribution in [2.75, 3.05) is 23.4 Å². The van der Waals surface area contributed by atoms with Gasteiger partial charge in [0.25, 0.3) is 5.56 Å². The molecule has 0 fully saturated rings. The molecule has 9 heteroatoms. The second-order valence-electron chi connectivity index (χ2n) is 10.4. The Hall–Kier alpha value is -3.82. The molecule has 1 atom stereocenters. The summed E-state index contributed by atoms with van der Waals surface area (Å²) < 4.78 is 1.75. The Morgan fingerprint density at radius 2 is 1.82 bits per heavy atom. The summed E-state index contributed by atoms with van der Waals surface area (Å²) in [5, 5.41) is 7.28. The second-order valence-corrected chi connectivity index (χ2v) is 11.1. The summed E-state index contributed by atoms with van der Waals surface area (Å²) in [5.74, 6) is -0.421. The number of carbonyl (C=O) groups excluding carboxylic acids is 2. The predicted molar refractivity (Wildman–Crippen MR) is 156 cm³/mol. The molecule has 8 nitrogen and oxygen atoms in total. The van der Waals surface area contributed by atoms with E-state index in [4.69, 9.17) is 0 Å². The van der Waals surface area contributed by atoms with E-state index in [1.165, 1.54) is 11.3 Å². The summed E-state index contributed by atoms with van der Waals surface area (Å²) in [4.78, 5) is 47.2. The molecule has 1 aliphatic heterocycles. The topological polar surface area (TPSA) is 87.5 Å². The number of nitrogens with one attached hydrogen (secondary N) is 1. The lowest BCUT2D eigenvalue weighted by Crippen LogP contribution is -2.47. The third-order valence-corrected chi connectivity index (χ3v) is 8.14. The minimum atomic E-state index is -1.14. The number of pyridine rings is 1. The molecule has 2 aromatic heterocycles. The van der Waals surface area contributed by atoms with Gasteiger partial charge in [-0.1, -0.05) is 24.3 Å². The number of hydrogen-bond acceptors (Lipinski definition) is 6. The van der Waals surface area contributed by atoms with Gasteiger partial charge in [0.1, 0.15) is 5.41 Å². The van der Waals surface area contributed by atoms with Crippen LogP contribution in [0.25, 0.3) is 10.8 Å². The van der Waals surface area contributed by atoms with Crippen LogP contribution in [0.4, 0.5) is 11.4 Å². The van der Waals surface area contributed by atoms with Gasteiger partial charge >= 0.3 is 0 Å². The average molecular weight is 544 g/mol. The molecule has 0 bridgehead atoms. The largest absolute Gasteiger partial charge is 0.315 e. The van der Waals surface area contributed by atoms with Gasteiger partial charge in [0, 0.05) is 43.6 Å². The summed E-state index contributed by atoms with van der Waals surface area (Å²) in [6.07, 6.45) is 2.53. The number of fused-ring (bicyclic) bond motifs is 2. The number of aryl methyl sites for hydroxylation is 1. The van der Waals surface area contributed by atoms with Gasteiger partial charge in [-0.3, -0.25) is 14.4 Å². The van der Waals surface area contributed by atoms with E-state index >= 15 is 0 Å². The normalized spacial score (nSPS) is 15.9. The maximum atomic E-state index is 13.2. The van der Waals surface area contributed by atoms with Crippen LogP contribution >= 0.6 is 11.3 Å². The molecule has 1 aliphatic rings. The van der Waals surface area contributed by atoms with Gasteiger partial charge in [0.15, 0.2) is 0 Å². The fourth-order valence-electron chi connectivity index (χ4n) is 5.22. The van der Waals surface area contributed by atoms with E-state index in [-0.39, 0.29) is 23.4 Å². The lowest BCUT2D eigenvalue weighted by molar-refractivity contribution is -0.137. The lowest BCUT2D eigenvalue weighted by atomic mass is 9.90. The second kappa shape index (κ2) is 10.7. The Labute approximate surface area is 231 Å². The van der Waals surface area contributed by atoms with Gasteiger partial charge in [-0.2, -0.15) is 0 Å². The third kappa shape index (κ3) is 4.99. The number of thiazole rings is 1. The molecule has 0 radical (unpaired) electrons. The number of nitrogens with zero attached hydrogens (tertiary/aromatic N) is 4. The van der Waals surface area contributed by atoms with Crippen LogP contribution in [0.2, 0.25) is 0 Å². The van der Waals surface area contributed by atoms with Crippen molar-refractivity contribution in [3.05, 3.63) is 87.2 Å². The number of anilines is 2. The monoisotopic (exact) mass is 543 g/mol. The molecule has 0 aliphatic carbocycles. The molecule has 3 heterocycles. The number of benzene rings is 2. The van der Waals surface area contributed by atoms with Crippen LogP contribution in [-0.2, 0) is 22.7 Å². The van der Waals surface area contributed by atoms with E-state index in [2.05, 4.69) is 10.3 Å². The Balaban J connectivity index is 1.37. The Morgan fingerprint density at radius 1 is 1.03 bits per heavy atom. The van der Waals surface area contributed by atoms with Gasteiger partial charge in [0.05, 0.1) is 28.6 Å². The first-order valence-electron chi connectivity index (χ1n) is 13.1. The molecule has 2 amide bonds. The van der Waals surface area contributed by atoms with Gasteiger partial charge in [-0.15, -0.1) is 11.3 Å². The zero-order chi connectivity index (χ0) is 27.7. The fraction of sp³-hybridized carbons (Fsp3) is 0.333. The van der Waals surface area contributed by atoms with E-state index in [1.54, 1.807) is 35.3 Å². The maximum Gasteiger partial charge on any atom is 0.258 e. The summed E-state index contributed by atoms with van der Waals surface area (Å²) >= 11 is 1.54. The van der Waals surface area contributed by atoms with Crippen molar-refractivity contribution >= 4 is 45.3 Å². The van der Waals surface area contributed by atoms with Crippen LogP contribution in [0.5, 0.6) is 0 Å². The van der Waals surface area contributed by atoms with Gasteiger partial charge in [-0.05, 0) is 62.4 Å². The number of hydrogen-bond donors (Lipinski definition) is 1. The highest BCUT2D eigenvalue weighted by atomic mass is 32.1. The molecule has 1 N–H and O–H groups in total. The smallest absolute Gasteiger partial charge is 0.258 e. The Kier molecular flexibility index (Phi) is 7.38. The quantitative estimate of drug-likeness (QED) is 0.325. The molecule has 2 aromatic carbocycles. The van der Waals surface area contributed by atoms with Crippen LogP contribution in [0.15, 0.2) is 70.4 Å². The molecule has 1 unspecified atom stereocenters. The van der Waals surface area contributed by atoms with E-state index < -0.39 is 5.41 Å². The van der Waals surface area contributed by atoms with Crippen molar-refractivity contribution in [2.45, 2.75) is 46.3 Å². The van der Waals surface area contributed by atoms with Crippen molar-refractivity contribution in [3.8, 4) is 0 Å². The summed E-state index contributed by atoms with van der Waals surface area (Å²) in [6, 6.07) is 15.4. The highest BCUT2D eigenvalue weighted by Gasteiger charge is 2.45. The first kappa shape index (κ1) is 26.8. The average Bonchev–Trinajstić information content (AvgIpc) is 3.47. The zero-order valence-electron chi connectivity index (χ0n) is 22.7. The lowest BCUT2D eigenvalue weighted by Gasteiger charge is -2.27. The predicted octanol–water partition coefficient (Wildman–Crippen LogP) is 4.73. The first-order chi connectivity index (χ1) is 18.7. The third-order valence-electron chi connectivity index (χ3n) is 7.53. The molecule has 5 rings (SSSR count). The van der Waals surface area contributed by atoms with E-state index in [0.29, 0.717) is 37.1 Å². The minimum absolute atomic E-state index is 0.00142. The fourth-order valence-corrected chi connectivity index (χ4v) is 5.83. The number of aromatic nitrogens is 2. The van der Waals surface area contributed by atoms with Crippen molar-refractivity contribution in [1.82, 2.24) is 14.9 Å². The maximum absolute atomic E-state index is 13.2. The van der Waals surface area contributed by atoms with E-state index in [0.717, 1.165) is 22.3 Å². The molecular weight excluding hydrogens is 510 g/mol. The standard InChI is InChI=1S/C30H33N5O3S/c1-5-35-25-11-10-20(16-26(25)33(4)28(37)30(2,3)29(35)38)17-31-23(24-18-39-19-32-24)13-15-34-14-12-21-8-6-7-9-22(21)27(34)36/h6-12,14,16,18-19,23,31H,5,13,15,17H2,1-4H3. The summed E-state index contributed by atoms with van der Waals surface area (Å²) in [7, 11) is 1.73. The molecule has 4 aromatic rings. The van der Waals surface area contributed by atoms with E-state index in [9.17, 15) is 14.4 Å². The molecule has 0 saturated carbocycles. The highest BCUT2D eigenvalue weighted by molar-refractivity contribution is 7.07. The highest BCUT2D eigenvalue weighted by Crippen LogP contribution is 2.38. The summed E-state index contributed by atoms with van der Waals surface area (Å²) in [5.41, 5.74) is 4.04. The van der Waals surface area contributed by atoms with Crippen LogP contribution in [0, 0.1) is 5.41 Å². The minimum Gasteiger partial charge on any atom is -0.315 e. The number of carbonyl (C=O) groups is 2. The molecule has 0 saturated heterocycles. The van der Waals surface area contributed by atoms with Crippen molar-refractivity contribution in [3.63, 3.8) is 0 Å². The SMILES string of the molecule is CCN1C(=O)C(C)(C)C(=O)N(C)c2cc(CNC(CCn3ccc4ccccc4c3=O)c3cscn3)ccc21.